The summed E-state index contributed by atoms with van der Waals surface area (Å²) in [5.41, 5.74) is 5.95. The smallest absolute Gasteiger partial charge is 0.305 e. The van der Waals surface area contributed by atoms with Crippen LogP contribution in [-0.4, -0.2) is 26.2 Å². The van der Waals surface area contributed by atoms with E-state index in [9.17, 15) is 9.59 Å². The molecule has 0 aliphatic carbocycles. The van der Waals surface area contributed by atoms with Crippen molar-refractivity contribution in [2.45, 2.75) is 143 Å². The molecule has 0 aliphatic rings. The Morgan fingerprint density at radius 2 is 0.789 bits per heavy atom. The van der Waals surface area contributed by atoms with Gasteiger partial charge in [-0.3, -0.25) is 9.59 Å². The molecule has 0 atom stereocenters. The van der Waals surface area contributed by atoms with Gasteiger partial charge in [0.05, 0.1) is 14.2 Å². The molecular formula is C34H58O4. The maximum atomic E-state index is 11.3. The summed E-state index contributed by atoms with van der Waals surface area (Å²) in [6.07, 6.45) is 28.6. The molecule has 0 spiro atoms. The molecule has 38 heavy (non-hydrogen) atoms. The molecule has 4 nitrogen and oxygen atoms in total. The number of hydrogen-bond acceptors (Lipinski definition) is 4. The molecular weight excluding hydrogens is 472 g/mol. The Morgan fingerprint density at radius 3 is 1.11 bits per heavy atom. The number of ether oxygens (including phenoxy) is 2. The van der Waals surface area contributed by atoms with Gasteiger partial charge in [0.1, 0.15) is 0 Å². The maximum Gasteiger partial charge on any atom is 0.305 e. The van der Waals surface area contributed by atoms with Gasteiger partial charge >= 0.3 is 11.9 Å². The zero-order valence-corrected chi connectivity index (χ0v) is 25.7. The van der Waals surface area contributed by atoms with Crippen molar-refractivity contribution in [1.82, 2.24) is 0 Å². The molecule has 0 aromatic rings. The van der Waals surface area contributed by atoms with Crippen LogP contribution in [0.25, 0.3) is 0 Å². The molecule has 0 amide bonds. The summed E-state index contributed by atoms with van der Waals surface area (Å²) in [6, 6.07) is 0. The lowest BCUT2D eigenvalue weighted by atomic mass is 9.98. The summed E-state index contributed by atoms with van der Waals surface area (Å²) in [6.45, 7) is 8.69. The third kappa shape index (κ3) is 24.2. The van der Waals surface area contributed by atoms with E-state index >= 15 is 0 Å². The predicted octanol–water partition coefficient (Wildman–Crippen LogP) is 10.1. The number of methoxy groups -OCH3 is 2. The zero-order chi connectivity index (χ0) is 28.4. The summed E-state index contributed by atoms with van der Waals surface area (Å²) >= 11 is 0. The Kier molecular flexibility index (Phi) is 23.8. The highest BCUT2D eigenvalue weighted by Gasteiger charge is 2.03. The Hall–Kier alpha value is -2.10. The van der Waals surface area contributed by atoms with Gasteiger partial charge in [-0.25, -0.2) is 0 Å². The van der Waals surface area contributed by atoms with Crippen molar-refractivity contribution in [3.05, 3.63) is 46.6 Å². The molecule has 0 rings (SSSR count). The molecule has 0 unspecified atom stereocenters. The van der Waals surface area contributed by atoms with Crippen LogP contribution in [0.4, 0.5) is 0 Å². The molecule has 0 heterocycles. The van der Waals surface area contributed by atoms with Crippen molar-refractivity contribution in [3.8, 4) is 0 Å². The second-order valence-corrected chi connectivity index (χ2v) is 10.9. The van der Waals surface area contributed by atoms with Gasteiger partial charge in [0.25, 0.3) is 0 Å². The van der Waals surface area contributed by atoms with Gasteiger partial charge in [-0.05, 0) is 105 Å². The quantitative estimate of drug-likeness (QED) is 0.0749. The van der Waals surface area contributed by atoms with E-state index in [1.54, 1.807) is 11.1 Å². The number of hydrogen-bond donors (Lipinski definition) is 0. The third-order valence-electron chi connectivity index (χ3n) is 6.78. The van der Waals surface area contributed by atoms with Gasteiger partial charge in [0.15, 0.2) is 0 Å². The first-order chi connectivity index (χ1) is 18.3. The van der Waals surface area contributed by atoms with E-state index in [1.165, 1.54) is 51.0 Å². The molecule has 0 aromatic heterocycles. The van der Waals surface area contributed by atoms with E-state index in [0.717, 1.165) is 77.0 Å². The Morgan fingerprint density at radius 1 is 0.447 bits per heavy atom. The van der Waals surface area contributed by atoms with E-state index in [-0.39, 0.29) is 11.9 Å². The number of carbonyl (C=O) groups is 2. The molecule has 218 valence electrons. The number of esters is 2. The van der Waals surface area contributed by atoms with Crippen molar-refractivity contribution >= 4 is 11.9 Å². The Bertz CT molecular complexity index is 682. The number of unbranched alkanes of at least 4 members (excludes halogenated alkanes) is 7. The van der Waals surface area contributed by atoms with Gasteiger partial charge in [0, 0.05) is 12.8 Å². The lowest BCUT2D eigenvalue weighted by Crippen LogP contribution is -1.99. The van der Waals surface area contributed by atoms with E-state index in [0.29, 0.717) is 12.8 Å². The van der Waals surface area contributed by atoms with Crippen molar-refractivity contribution in [1.29, 1.82) is 0 Å². The lowest BCUT2D eigenvalue weighted by Gasteiger charge is -2.09. The molecule has 0 saturated carbocycles. The van der Waals surface area contributed by atoms with Crippen molar-refractivity contribution in [2.75, 3.05) is 14.2 Å². The van der Waals surface area contributed by atoms with Crippen LogP contribution in [0.5, 0.6) is 0 Å². The van der Waals surface area contributed by atoms with Gasteiger partial charge < -0.3 is 9.47 Å². The highest BCUT2D eigenvalue weighted by atomic mass is 16.5. The van der Waals surface area contributed by atoms with E-state index in [2.05, 4.69) is 52.0 Å². The van der Waals surface area contributed by atoms with Gasteiger partial charge in [-0.2, -0.15) is 0 Å². The van der Waals surface area contributed by atoms with Crippen LogP contribution in [0.3, 0.4) is 0 Å². The minimum atomic E-state index is -0.0980. The first kappa shape index (κ1) is 35.9. The number of carbonyl (C=O) groups excluding carboxylic acids is 2. The molecule has 0 N–H and O–H groups in total. The number of rotatable bonds is 23. The fourth-order valence-electron chi connectivity index (χ4n) is 4.48. The van der Waals surface area contributed by atoms with Crippen LogP contribution in [0.2, 0.25) is 0 Å². The minimum absolute atomic E-state index is 0.0980. The largest absolute Gasteiger partial charge is 0.469 e. The highest BCUT2D eigenvalue weighted by Crippen LogP contribution is 2.21. The molecule has 0 bridgehead atoms. The van der Waals surface area contributed by atoms with Gasteiger partial charge in [-0.15, -0.1) is 0 Å². The first-order valence-electron chi connectivity index (χ1n) is 15.0. The monoisotopic (exact) mass is 530 g/mol. The molecule has 0 saturated heterocycles. The summed E-state index contributed by atoms with van der Waals surface area (Å²) in [4.78, 5) is 22.6. The van der Waals surface area contributed by atoms with Crippen LogP contribution < -0.4 is 0 Å². The fourth-order valence-corrected chi connectivity index (χ4v) is 4.48. The summed E-state index contributed by atoms with van der Waals surface area (Å²) in [7, 11) is 2.92. The maximum absolute atomic E-state index is 11.3. The van der Waals surface area contributed by atoms with Crippen LogP contribution >= 0.6 is 0 Å². The van der Waals surface area contributed by atoms with E-state index in [1.807, 2.05) is 0 Å². The topological polar surface area (TPSA) is 52.6 Å². The average Bonchev–Trinajstić information content (AvgIpc) is 2.88. The third-order valence-corrected chi connectivity index (χ3v) is 6.78. The molecule has 0 fully saturated rings. The van der Waals surface area contributed by atoms with Crippen LogP contribution in [0, 0.1) is 0 Å². The second-order valence-electron chi connectivity index (χ2n) is 10.9. The number of allylic oxidation sites excluding steroid dienone is 8. The average molecular weight is 531 g/mol. The van der Waals surface area contributed by atoms with E-state index < -0.39 is 0 Å². The van der Waals surface area contributed by atoms with Crippen LogP contribution in [-0.2, 0) is 19.1 Å². The van der Waals surface area contributed by atoms with Gasteiger partial charge in [-0.1, -0.05) is 72.3 Å². The Balaban J connectivity index is 4.76. The summed E-state index contributed by atoms with van der Waals surface area (Å²) in [5, 5.41) is 0. The fraction of sp³-hybridized carbons (Fsp3) is 0.706. The van der Waals surface area contributed by atoms with Gasteiger partial charge in [0.2, 0.25) is 0 Å². The van der Waals surface area contributed by atoms with E-state index in [4.69, 9.17) is 9.47 Å². The normalized spacial score (nSPS) is 11.7. The predicted molar refractivity (Wildman–Crippen MR) is 162 cm³/mol. The molecule has 0 aromatic carbocycles. The zero-order valence-electron chi connectivity index (χ0n) is 25.7. The summed E-state index contributed by atoms with van der Waals surface area (Å²) < 4.78 is 9.47. The molecule has 4 heteroatoms. The SMILES string of the molecule is COC(=O)CCCCCCC(=CCC/C=C(/CCC=C(C)C)CCCCCCC(=O)OC)CCC=C(C)C. The van der Waals surface area contributed by atoms with Crippen molar-refractivity contribution in [3.63, 3.8) is 0 Å². The van der Waals surface area contributed by atoms with Crippen molar-refractivity contribution in [2.24, 2.45) is 0 Å². The molecule has 0 aliphatic heterocycles. The highest BCUT2D eigenvalue weighted by molar-refractivity contribution is 5.69. The molecule has 0 radical (unpaired) electrons. The van der Waals surface area contributed by atoms with Crippen molar-refractivity contribution < 1.29 is 19.1 Å². The standard InChI is InChI=1S/C34H58O4/c1-29(2)19-17-25-31(21-11-7-9-13-27-33(35)37-5)23-15-16-24-32(26-18-20-30(3)4)22-12-8-10-14-28-34(36)38-6/h19-20,23-24H,7-18,21-22,25-28H2,1-6H3/b31-23+,32-24?. The Labute approximate surface area is 235 Å². The first-order valence-corrected chi connectivity index (χ1v) is 15.0. The minimum Gasteiger partial charge on any atom is -0.469 e. The summed E-state index contributed by atoms with van der Waals surface area (Å²) in [5.74, 6) is -0.196. The second kappa shape index (κ2) is 25.2. The lowest BCUT2D eigenvalue weighted by molar-refractivity contribution is -0.141. The van der Waals surface area contributed by atoms with Crippen LogP contribution in [0.1, 0.15) is 143 Å². The van der Waals surface area contributed by atoms with Crippen LogP contribution in [0.15, 0.2) is 46.6 Å².